The van der Waals surface area contributed by atoms with Crippen molar-refractivity contribution >= 4 is 0 Å². The van der Waals surface area contributed by atoms with E-state index < -0.39 is 0 Å². The first-order valence-electron chi connectivity index (χ1n) is 6.81. The Hall–Kier alpha value is -1.74. The maximum absolute atomic E-state index is 5.87. The minimum atomic E-state index is 0.562. The van der Waals surface area contributed by atoms with Crippen LogP contribution >= 0.6 is 0 Å². The number of furan rings is 1. The monoisotopic (exact) mass is 257 g/mol. The van der Waals surface area contributed by atoms with Gasteiger partial charge >= 0.3 is 0 Å². The first-order chi connectivity index (χ1) is 9.36. The molecular weight excluding hydrogens is 238 g/mol. The summed E-state index contributed by atoms with van der Waals surface area (Å²) in [7, 11) is 1.91. The summed E-state index contributed by atoms with van der Waals surface area (Å²) in [5.41, 5.74) is 4.03. The fraction of sp³-hybridized carbons (Fsp3) is 0.375. The zero-order valence-corrected chi connectivity index (χ0v) is 11.2. The van der Waals surface area contributed by atoms with E-state index in [0.717, 1.165) is 23.6 Å². The molecule has 1 aliphatic carbocycles. The molecule has 0 unspecified atom stereocenters. The van der Waals surface area contributed by atoms with Crippen molar-refractivity contribution in [2.45, 2.75) is 32.4 Å². The van der Waals surface area contributed by atoms with E-state index in [9.17, 15) is 0 Å². The minimum absolute atomic E-state index is 0.562. The molecule has 3 nitrogen and oxygen atoms in total. The first-order valence-corrected chi connectivity index (χ1v) is 6.81. The lowest BCUT2D eigenvalue weighted by atomic mass is 10.1. The number of nitrogens with one attached hydrogen (secondary N) is 1. The number of hydrogen-bond donors (Lipinski definition) is 1. The largest absolute Gasteiger partial charge is 0.489 e. The van der Waals surface area contributed by atoms with Gasteiger partial charge in [0.1, 0.15) is 18.1 Å². The average Bonchev–Trinajstić information content (AvgIpc) is 3.05. The van der Waals surface area contributed by atoms with Gasteiger partial charge in [0.25, 0.3) is 0 Å². The molecule has 0 aliphatic heterocycles. The van der Waals surface area contributed by atoms with Crippen LogP contribution in [-0.2, 0) is 26.0 Å². The predicted molar refractivity (Wildman–Crippen MR) is 74.3 cm³/mol. The van der Waals surface area contributed by atoms with Crippen molar-refractivity contribution in [1.82, 2.24) is 5.32 Å². The molecule has 0 atom stereocenters. The summed E-state index contributed by atoms with van der Waals surface area (Å²) in [4.78, 5) is 0. The fourth-order valence-corrected chi connectivity index (χ4v) is 2.61. The van der Waals surface area contributed by atoms with Gasteiger partial charge in [0.15, 0.2) is 0 Å². The molecule has 1 heterocycles. The number of hydrogen-bond acceptors (Lipinski definition) is 3. The van der Waals surface area contributed by atoms with E-state index in [1.165, 1.54) is 30.4 Å². The Bertz CT molecular complexity index is 560. The summed E-state index contributed by atoms with van der Waals surface area (Å²) >= 11 is 0. The molecule has 3 heteroatoms. The van der Waals surface area contributed by atoms with Gasteiger partial charge in [-0.2, -0.15) is 0 Å². The normalized spacial score (nSPS) is 13.5. The van der Waals surface area contributed by atoms with Gasteiger partial charge in [-0.05, 0) is 55.6 Å². The van der Waals surface area contributed by atoms with Gasteiger partial charge in [0.05, 0.1) is 12.8 Å². The molecule has 2 aromatic rings. The molecular formula is C16H19NO2. The number of fused-ring (bicyclic) bond motifs is 1. The molecule has 3 rings (SSSR count). The Balaban J connectivity index is 1.67. The summed E-state index contributed by atoms with van der Waals surface area (Å²) in [6.45, 7) is 1.29. The van der Waals surface area contributed by atoms with Crippen LogP contribution in [0.3, 0.4) is 0 Å². The third-order valence-electron chi connectivity index (χ3n) is 3.64. The topological polar surface area (TPSA) is 34.4 Å². The third-order valence-corrected chi connectivity index (χ3v) is 3.64. The van der Waals surface area contributed by atoms with Crippen LogP contribution in [0.15, 0.2) is 34.9 Å². The number of aryl methyl sites for hydroxylation is 2. The molecule has 100 valence electrons. The molecule has 0 saturated carbocycles. The number of ether oxygens (including phenoxy) is 1. The van der Waals surface area contributed by atoms with Gasteiger partial charge in [-0.3, -0.25) is 0 Å². The lowest BCUT2D eigenvalue weighted by Crippen LogP contribution is -2.07. The fourth-order valence-electron chi connectivity index (χ4n) is 2.61. The Morgan fingerprint density at radius 2 is 2.11 bits per heavy atom. The van der Waals surface area contributed by atoms with Crippen LogP contribution < -0.4 is 10.1 Å². The van der Waals surface area contributed by atoms with Crippen molar-refractivity contribution < 1.29 is 9.15 Å². The van der Waals surface area contributed by atoms with Crippen molar-refractivity contribution in [3.05, 3.63) is 53.0 Å². The molecule has 1 aromatic heterocycles. The summed E-state index contributed by atoms with van der Waals surface area (Å²) < 4.78 is 11.3. The highest BCUT2D eigenvalue weighted by Gasteiger charge is 2.12. The summed E-state index contributed by atoms with van der Waals surface area (Å²) in [5, 5.41) is 3.09. The van der Waals surface area contributed by atoms with E-state index in [0.29, 0.717) is 6.61 Å². The lowest BCUT2D eigenvalue weighted by molar-refractivity contribution is 0.301. The second-order valence-corrected chi connectivity index (χ2v) is 4.97. The number of benzene rings is 1. The van der Waals surface area contributed by atoms with E-state index in [1.807, 2.05) is 13.1 Å². The maximum Gasteiger partial charge on any atom is 0.124 e. The third kappa shape index (κ3) is 2.66. The molecule has 19 heavy (non-hydrogen) atoms. The van der Waals surface area contributed by atoms with Gasteiger partial charge in [0, 0.05) is 5.56 Å². The maximum atomic E-state index is 5.87. The standard InChI is InChI=1S/C16H19NO2/c1-17-10-16-14(7-8-18-16)11-19-15-6-5-12-3-2-4-13(12)9-15/h5-9,17H,2-4,10-11H2,1H3. The SMILES string of the molecule is CNCc1occc1COc1ccc2c(c1)CCC2. The van der Waals surface area contributed by atoms with Gasteiger partial charge in [-0.25, -0.2) is 0 Å². The summed E-state index contributed by atoms with van der Waals surface area (Å²) in [6.07, 6.45) is 5.38. The molecule has 0 radical (unpaired) electrons. The first kappa shape index (κ1) is 12.3. The van der Waals surface area contributed by atoms with Crippen LogP contribution in [0.4, 0.5) is 0 Å². The van der Waals surface area contributed by atoms with Gasteiger partial charge < -0.3 is 14.5 Å². The van der Waals surface area contributed by atoms with Gasteiger partial charge in [-0.1, -0.05) is 6.07 Å². The quantitative estimate of drug-likeness (QED) is 0.894. The second kappa shape index (κ2) is 5.49. The zero-order chi connectivity index (χ0) is 13.1. The Morgan fingerprint density at radius 1 is 1.21 bits per heavy atom. The molecule has 0 saturated heterocycles. The van der Waals surface area contributed by atoms with Crippen LogP contribution in [-0.4, -0.2) is 7.05 Å². The number of rotatable bonds is 5. The van der Waals surface area contributed by atoms with E-state index in [1.54, 1.807) is 6.26 Å². The minimum Gasteiger partial charge on any atom is -0.489 e. The smallest absolute Gasteiger partial charge is 0.124 e. The van der Waals surface area contributed by atoms with E-state index in [2.05, 4.69) is 23.5 Å². The van der Waals surface area contributed by atoms with Gasteiger partial charge in [-0.15, -0.1) is 0 Å². The van der Waals surface area contributed by atoms with Crippen LogP contribution in [0.25, 0.3) is 0 Å². The van der Waals surface area contributed by atoms with Crippen molar-refractivity contribution in [3.8, 4) is 5.75 Å². The molecule has 0 bridgehead atoms. The predicted octanol–water partition coefficient (Wildman–Crippen LogP) is 3.07. The van der Waals surface area contributed by atoms with Crippen LogP contribution in [0, 0.1) is 0 Å². The van der Waals surface area contributed by atoms with E-state index in [4.69, 9.17) is 9.15 Å². The molecule has 0 spiro atoms. The molecule has 1 N–H and O–H groups in total. The van der Waals surface area contributed by atoms with Crippen LogP contribution in [0.2, 0.25) is 0 Å². The highest BCUT2D eigenvalue weighted by Crippen LogP contribution is 2.26. The highest BCUT2D eigenvalue weighted by molar-refractivity contribution is 5.38. The van der Waals surface area contributed by atoms with Crippen LogP contribution in [0.5, 0.6) is 5.75 Å². The van der Waals surface area contributed by atoms with Gasteiger partial charge in [0.2, 0.25) is 0 Å². The Morgan fingerprint density at radius 3 is 3.00 bits per heavy atom. The van der Waals surface area contributed by atoms with Crippen molar-refractivity contribution in [1.29, 1.82) is 0 Å². The Labute approximate surface area is 113 Å². The van der Waals surface area contributed by atoms with Crippen molar-refractivity contribution in [3.63, 3.8) is 0 Å². The lowest BCUT2D eigenvalue weighted by Gasteiger charge is -2.08. The molecule has 0 fully saturated rings. The molecule has 0 amide bonds. The van der Waals surface area contributed by atoms with E-state index >= 15 is 0 Å². The zero-order valence-electron chi connectivity index (χ0n) is 11.2. The van der Waals surface area contributed by atoms with Crippen LogP contribution in [0.1, 0.15) is 28.9 Å². The second-order valence-electron chi connectivity index (χ2n) is 4.97. The van der Waals surface area contributed by atoms with Crippen molar-refractivity contribution in [2.75, 3.05) is 7.05 Å². The summed E-state index contributed by atoms with van der Waals surface area (Å²) in [6, 6.07) is 8.42. The summed E-state index contributed by atoms with van der Waals surface area (Å²) in [5.74, 6) is 1.90. The Kier molecular flexibility index (Phi) is 3.56. The highest BCUT2D eigenvalue weighted by atomic mass is 16.5. The van der Waals surface area contributed by atoms with Crippen molar-refractivity contribution in [2.24, 2.45) is 0 Å². The molecule has 1 aromatic carbocycles. The average molecular weight is 257 g/mol. The van der Waals surface area contributed by atoms with E-state index in [-0.39, 0.29) is 0 Å². The molecule has 1 aliphatic rings.